The summed E-state index contributed by atoms with van der Waals surface area (Å²) < 4.78 is 5.43. The summed E-state index contributed by atoms with van der Waals surface area (Å²) in [5, 5.41) is 9.66. The number of aliphatic carboxylic acids is 1. The van der Waals surface area contributed by atoms with Crippen molar-refractivity contribution < 1.29 is 19.4 Å². The molecule has 3 atom stereocenters. The van der Waals surface area contributed by atoms with E-state index in [1.165, 1.54) is 17.7 Å². The zero-order chi connectivity index (χ0) is 15.8. The van der Waals surface area contributed by atoms with Gasteiger partial charge in [-0.25, -0.2) is 9.59 Å². The first-order valence-electron chi connectivity index (χ1n) is 7.87. The molecule has 21 heavy (non-hydrogen) atoms. The number of rotatable bonds is 1. The Morgan fingerprint density at radius 3 is 2.29 bits per heavy atom. The second-order valence-corrected chi connectivity index (χ2v) is 7.68. The van der Waals surface area contributed by atoms with Gasteiger partial charge in [0.25, 0.3) is 0 Å². The van der Waals surface area contributed by atoms with Crippen LogP contribution < -0.4 is 0 Å². The minimum Gasteiger partial charge on any atom is -0.480 e. The van der Waals surface area contributed by atoms with Crippen molar-refractivity contribution in [1.82, 2.24) is 4.90 Å². The number of hydrogen-bond acceptors (Lipinski definition) is 3. The van der Waals surface area contributed by atoms with E-state index in [2.05, 4.69) is 0 Å². The molecule has 1 aliphatic carbocycles. The first kappa shape index (κ1) is 16.1. The van der Waals surface area contributed by atoms with E-state index in [4.69, 9.17) is 4.74 Å². The molecule has 1 aliphatic heterocycles. The molecule has 1 saturated heterocycles. The summed E-state index contributed by atoms with van der Waals surface area (Å²) in [7, 11) is 0. The molecule has 2 aliphatic rings. The van der Waals surface area contributed by atoms with Gasteiger partial charge in [0.15, 0.2) is 0 Å². The molecule has 0 aromatic carbocycles. The van der Waals surface area contributed by atoms with Crippen molar-refractivity contribution in [3.05, 3.63) is 0 Å². The maximum Gasteiger partial charge on any atom is 0.411 e. The van der Waals surface area contributed by atoms with Crippen LogP contribution >= 0.6 is 0 Å². The van der Waals surface area contributed by atoms with Crippen LogP contribution in [-0.2, 0) is 9.53 Å². The quantitative estimate of drug-likeness (QED) is 0.806. The van der Waals surface area contributed by atoms with Gasteiger partial charge in [-0.15, -0.1) is 0 Å². The highest BCUT2D eigenvalue weighted by Crippen LogP contribution is 2.43. The van der Waals surface area contributed by atoms with Crippen molar-refractivity contribution in [2.75, 3.05) is 6.54 Å². The first-order chi connectivity index (χ1) is 9.63. The SMILES string of the molecule is CC(C)(C)OC(=O)N1C[C@@H]2CCCC[C@@H]2C[C@@]1(C)C(=O)O. The average Bonchev–Trinajstić information content (AvgIpc) is 2.35. The van der Waals surface area contributed by atoms with Crippen LogP contribution in [-0.4, -0.2) is 39.8 Å². The van der Waals surface area contributed by atoms with E-state index in [-0.39, 0.29) is 0 Å². The number of nitrogens with zero attached hydrogens (tertiary/aromatic N) is 1. The standard InChI is InChI=1S/C16H27NO4/c1-15(2,3)21-14(20)17-10-12-8-6-5-7-11(12)9-16(17,4)13(18)19/h11-12H,5-10H2,1-4H3,(H,18,19)/t11-,12+,16+/m1/s1. The molecule has 1 saturated carbocycles. The Hall–Kier alpha value is -1.26. The van der Waals surface area contributed by atoms with Crippen molar-refractivity contribution in [2.45, 2.75) is 70.9 Å². The van der Waals surface area contributed by atoms with Gasteiger partial charge in [0.2, 0.25) is 0 Å². The summed E-state index contributed by atoms with van der Waals surface area (Å²) in [6, 6.07) is 0. The van der Waals surface area contributed by atoms with Crippen LogP contribution in [0, 0.1) is 11.8 Å². The smallest absolute Gasteiger partial charge is 0.411 e. The van der Waals surface area contributed by atoms with Gasteiger partial charge in [-0.3, -0.25) is 4.90 Å². The highest BCUT2D eigenvalue weighted by atomic mass is 16.6. The monoisotopic (exact) mass is 297 g/mol. The third kappa shape index (κ3) is 3.33. The number of carboxylic acids is 1. The average molecular weight is 297 g/mol. The second-order valence-electron chi connectivity index (χ2n) is 7.68. The minimum atomic E-state index is -1.15. The van der Waals surface area contributed by atoms with Gasteiger partial charge in [-0.05, 0) is 52.4 Å². The largest absolute Gasteiger partial charge is 0.480 e. The minimum absolute atomic E-state index is 0.415. The predicted molar refractivity (Wildman–Crippen MR) is 79.0 cm³/mol. The zero-order valence-corrected chi connectivity index (χ0v) is 13.5. The van der Waals surface area contributed by atoms with Gasteiger partial charge < -0.3 is 9.84 Å². The molecule has 2 fully saturated rings. The normalized spacial score (nSPS) is 33.2. The van der Waals surface area contributed by atoms with E-state index in [0.29, 0.717) is 24.8 Å². The number of ether oxygens (including phenoxy) is 1. The molecule has 1 N–H and O–H groups in total. The van der Waals surface area contributed by atoms with E-state index in [0.717, 1.165) is 12.8 Å². The molecule has 5 nitrogen and oxygen atoms in total. The molecule has 0 aromatic rings. The lowest BCUT2D eigenvalue weighted by Gasteiger charge is -2.49. The first-order valence-corrected chi connectivity index (χ1v) is 7.87. The van der Waals surface area contributed by atoms with Gasteiger partial charge in [0, 0.05) is 6.54 Å². The lowest BCUT2D eigenvalue weighted by atomic mass is 9.69. The number of carbonyl (C=O) groups excluding carboxylic acids is 1. The molecule has 1 heterocycles. The molecule has 120 valence electrons. The van der Waals surface area contributed by atoms with Gasteiger partial charge in [-0.1, -0.05) is 19.3 Å². The Balaban J connectivity index is 2.22. The number of amides is 1. The van der Waals surface area contributed by atoms with Crippen LogP contribution in [0.2, 0.25) is 0 Å². The van der Waals surface area contributed by atoms with E-state index >= 15 is 0 Å². The molecule has 5 heteroatoms. The van der Waals surface area contributed by atoms with Crippen LogP contribution in [0.25, 0.3) is 0 Å². The summed E-state index contributed by atoms with van der Waals surface area (Å²) >= 11 is 0. The Kier molecular flexibility index (Phi) is 4.22. The highest BCUT2D eigenvalue weighted by molar-refractivity contribution is 5.84. The Labute approximate surface area is 126 Å². The number of hydrogen-bond donors (Lipinski definition) is 1. The third-order valence-corrected chi connectivity index (χ3v) is 4.81. The van der Waals surface area contributed by atoms with E-state index in [1.807, 2.05) is 0 Å². The fourth-order valence-electron chi connectivity index (χ4n) is 3.65. The maximum absolute atomic E-state index is 12.4. The molecule has 0 radical (unpaired) electrons. The molecule has 2 rings (SSSR count). The molecular formula is C16H27NO4. The fraction of sp³-hybridized carbons (Fsp3) is 0.875. The predicted octanol–water partition coefficient (Wildman–Crippen LogP) is 3.28. The summed E-state index contributed by atoms with van der Waals surface area (Å²) in [4.78, 5) is 25.7. The lowest BCUT2D eigenvalue weighted by molar-refractivity contribution is -0.156. The topological polar surface area (TPSA) is 66.8 Å². The summed E-state index contributed by atoms with van der Waals surface area (Å²) in [6.07, 6.45) is 4.54. The van der Waals surface area contributed by atoms with Gasteiger partial charge in [0.05, 0.1) is 0 Å². The van der Waals surface area contributed by atoms with Gasteiger partial charge in [0.1, 0.15) is 11.1 Å². The Bertz CT molecular complexity index is 428. The lowest BCUT2D eigenvalue weighted by Crippen LogP contribution is -2.62. The van der Waals surface area contributed by atoms with Crippen molar-refractivity contribution in [2.24, 2.45) is 11.8 Å². The van der Waals surface area contributed by atoms with Crippen molar-refractivity contribution >= 4 is 12.1 Å². The van der Waals surface area contributed by atoms with Crippen molar-refractivity contribution in [1.29, 1.82) is 0 Å². The van der Waals surface area contributed by atoms with Crippen molar-refractivity contribution in [3.8, 4) is 0 Å². The molecule has 0 spiro atoms. The zero-order valence-electron chi connectivity index (χ0n) is 13.5. The second kappa shape index (κ2) is 5.50. The summed E-state index contributed by atoms with van der Waals surface area (Å²) in [5.41, 5.74) is -1.76. The Morgan fingerprint density at radius 1 is 1.19 bits per heavy atom. The number of fused-ring (bicyclic) bond motifs is 1. The maximum atomic E-state index is 12.4. The third-order valence-electron chi connectivity index (χ3n) is 4.81. The van der Waals surface area contributed by atoms with E-state index < -0.39 is 23.2 Å². The molecule has 0 unspecified atom stereocenters. The molecular weight excluding hydrogens is 270 g/mol. The van der Waals surface area contributed by atoms with Crippen LogP contribution in [0.4, 0.5) is 4.79 Å². The van der Waals surface area contributed by atoms with Crippen LogP contribution in [0.5, 0.6) is 0 Å². The molecule has 0 aromatic heterocycles. The van der Waals surface area contributed by atoms with Crippen molar-refractivity contribution in [3.63, 3.8) is 0 Å². The fourth-order valence-corrected chi connectivity index (χ4v) is 3.65. The number of carbonyl (C=O) groups is 2. The van der Waals surface area contributed by atoms with Crippen LogP contribution in [0.3, 0.4) is 0 Å². The number of piperidine rings is 1. The van der Waals surface area contributed by atoms with Crippen LogP contribution in [0.1, 0.15) is 59.8 Å². The molecule has 1 amide bonds. The number of carboxylic acid groups (broad SMARTS) is 1. The summed E-state index contributed by atoms with van der Waals surface area (Å²) in [5.74, 6) is -0.102. The van der Waals surface area contributed by atoms with Crippen LogP contribution in [0.15, 0.2) is 0 Å². The van der Waals surface area contributed by atoms with E-state index in [1.54, 1.807) is 27.7 Å². The van der Waals surface area contributed by atoms with Gasteiger partial charge in [-0.2, -0.15) is 0 Å². The van der Waals surface area contributed by atoms with E-state index in [9.17, 15) is 14.7 Å². The highest BCUT2D eigenvalue weighted by Gasteiger charge is 2.51. The van der Waals surface area contributed by atoms with Gasteiger partial charge >= 0.3 is 12.1 Å². The Morgan fingerprint density at radius 2 is 1.76 bits per heavy atom. The molecule has 0 bridgehead atoms. The number of likely N-dealkylation sites (tertiary alicyclic amines) is 1. The summed E-state index contributed by atoms with van der Waals surface area (Å²) in [6.45, 7) is 7.57.